The number of carbonyl (C=O) groups is 2. The van der Waals surface area contributed by atoms with Gasteiger partial charge in [0.05, 0.1) is 49.9 Å². The molecule has 1 fully saturated rings. The number of benzene rings is 1. The molecule has 4 rings (SSSR count). The quantitative estimate of drug-likeness (QED) is 0.277. The zero-order valence-corrected chi connectivity index (χ0v) is 25.5. The summed E-state index contributed by atoms with van der Waals surface area (Å²) in [7, 11) is -2.42. The number of amides is 1. The average molecular weight is 661 g/mol. The molecule has 3 N–H and O–H groups in total. The maximum absolute atomic E-state index is 13.2. The van der Waals surface area contributed by atoms with E-state index in [1.807, 2.05) is 0 Å². The van der Waals surface area contributed by atoms with Crippen LogP contribution in [-0.4, -0.2) is 86.5 Å². The molecule has 3 heterocycles. The summed E-state index contributed by atoms with van der Waals surface area (Å²) in [6.07, 6.45) is -2.67. The highest BCUT2D eigenvalue weighted by molar-refractivity contribution is 7.92. The molecular formula is C27H32F4N6O7S. The Morgan fingerprint density at radius 1 is 1.18 bits per heavy atom. The van der Waals surface area contributed by atoms with Crippen molar-refractivity contribution in [3.63, 3.8) is 0 Å². The van der Waals surface area contributed by atoms with Gasteiger partial charge in [-0.15, -0.1) is 0 Å². The number of hydrogen-bond donors (Lipinski definition) is 3. The second-order valence-electron chi connectivity index (χ2n) is 10.5. The number of carboxylic acids is 1. The van der Waals surface area contributed by atoms with E-state index in [1.165, 1.54) is 42.4 Å². The smallest absolute Gasteiger partial charge is 0.430 e. The van der Waals surface area contributed by atoms with E-state index in [9.17, 15) is 40.7 Å². The van der Waals surface area contributed by atoms with Crippen molar-refractivity contribution in [2.45, 2.75) is 32.6 Å². The summed E-state index contributed by atoms with van der Waals surface area (Å²) in [5, 5.41) is 22.0. The summed E-state index contributed by atoms with van der Waals surface area (Å²) in [5.74, 6) is -5.13. The number of alkyl halides is 3. The van der Waals surface area contributed by atoms with Gasteiger partial charge in [0.1, 0.15) is 11.8 Å². The van der Waals surface area contributed by atoms with Gasteiger partial charge in [0.15, 0.2) is 11.3 Å². The van der Waals surface area contributed by atoms with E-state index >= 15 is 0 Å². The van der Waals surface area contributed by atoms with Crippen LogP contribution in [0.15, 0.2) is 41.3 Å². The minimum atomic E-state index is -5.19. The highest BCUT2D eigenvalue weighted by Gasteiger charge is 2.29. The minimum Gasteiger partial charge on any atom is -0.542 e. The average Bonchev–Trinajstić information content (AvgIpc) is 2.97. The first-order valence-electron chi connectivity index (χ1n) is 13.4. The lowest BCUT2D eigenvalue weighted by atomic mass is 10.2. The lowest BCUT2D eigenvalue weighted by Gasteiger charge is -2.36. The van der Waals surface area contributed by atoms with Crippen molar-refractivity contribution in [3.05, 3.63) is 64.0 Å². The van der Waals surface area contributed by atoms with Crippen molar-refractivity contribution >= 4 is 38.9 Å². The molecule has 13 nitrogen and oxygen atoms in total. The standard InChI is InChI=1S/C25H31FN6O5S.C2HF3O2/c1-16(2)30-9-11-31(12-10-30)19-13-20(29(3)38(4,36)37)23-28-21(22(33)25(35)32(23)15-19)24(34)27-14-17-5-7-18(26)8-6-17;3-2(4,5)1(6)7/h5-8,13,15-16,33H,9-12,14H2,1-4H3,(H,27,34);(H,6,7). The van der Waals surface area contributed by atoms with Gasteiger partial charge < -0.3 is 30.1 Å². The number of halogens is 4. The number of carbonyl (C=O) groups excluding carboxylic acids is 2. The molecule has 0 saturated carbocycles. The third-order valence-electron chi connectivity index (χ3n) is 7.10. The largest absolute Gasteiger partial charge is 0.542 e. The fourth-order valence-electron chi connectivity index (χ4n) is 4.44. The van der Waals surface area contributed by atoms with Crippen LogP contribution in [0.5, 0.6) is 5.75 Å². The van der Waals surface area contributed by atoms with Crippen LogP contribution >= 0.6 is 0 Å². The Kier molecular flexibility index (Phi) is 10.6. The highest BCUT2D eigenvalue weighted by Crippen LogP contribution is 2.28. The van der Waals surface area contributed by atoms with E-state index in [-0.39, 0.29) is 17.9 Å². The van der Waals surface area contributed by atoms with Crippen molar-refractivity contribution < 1.29 is 50.7 Å². The van der Waals surface area contributed by atoms with Crippen LogP contribution in [0.3, 0.4) is 0 Å². The summed E-state index contributed by atoms with van der Waals surface area (Å²) in [6.45, 7) is 7.44. The summed E-state index contributed by atoms with van der Waals surface area (Å²) in [4.78, 5) is 42.6. The van der Waals surface area contributed by atoms with Crippen LogP contribution < -0.4 is 30.1 Å². The highest BCUT2D eigenvalue weighted by atomic mass is 32.2. The van der Waals surface area contributed by atoms with Crippen LogP contribution in [-0.2, 0) is 21.4 Å². The van der Waals surface area contributed by atoms with Gasteiger partial charge >= 0.3 is 11.7 Å². The molecule has 1 saturated heterocycles. The molecule has 18 heteroatoms. The summed E-state index contributed by atoms with van der Waals surface area (Å²) in [6, 6.07) is 7.56. The summed E-state index contributed by atoms with van der Waals surface area (Å²) < 4.78 is 71.7. The molecule has 0 aliphatic carbocycles. The normalized spacial score (nSPS) is 14.2. The van der Waals surface area contributed by atoms with Gasteiger partial charge in [-0.25, -0.2) is 17.8 Å². The molecule has 1 aliphatic rings. The molecule has 1 aliphatic heterocycles. The topological polar surface area (TPSA) is 169 Å². The Morgan fingerprint density at radius 2 is 1.73 bits per heavy atom. The van der Waals surface area contributed by atoms with Crippen molar-refractivity contribution in [1.82, 2.24) is 14.7 Å². The fraction of sp³-hybridized carbons (Fsp3) is 0.407. The fourth-order valence-corrected chi connectivity index (χ4v) is 4.93. The van der Waals surface area contributed by atoms with Gasteiger partial charge in [-0.1, -0.05) is 12.1 Å². The Hall–Kier alpha value is -4.45. The molecule has 45 heavy (non-hydrogen) atoms. The molecule has 0 radical (unpaired) electrons. The first-order chi connectivity index (χ1) is 20.8. The van der Waals surface area contributed by atoms with Crippen LogP contribution in [0, 0.1) is 5.82 Å². The number of rotatable bonds is 7. The van der Waals surface area contributed by atoms with E-state index in [1.54, 1.807) is 6.07 Å². The predicted molar refractivity (Wildman–Crippen MR) is 153 cm³/mol. The lowest BCUT2D eigenvalue weighted by molar-refractivity contribution is -0.921. The zero-order chi connectivity index (χ0) is 33.9. The van der Waals surface area contributed by atoms with Crippen molar-refractivity contribution in [3.8, 4) is 5.75 Å². The van der Waals surface area contributed by atoms with Crippen LogP contribution in [0.25, 0.3) is 5.65 Å². The number of sulfonamides is 1. The molecule has 0 spiro atoms. The second-order valence-corrected chi connectivity index (χ2v) is 12.5. The molecule has 246 valence electrons. The Balaban J connectivity index is 0.000000707. The zero-order valence-electron chi connectivity index (χ0n) is 24.7. The number of nitrogens with one attached hydrogen (secondary N) is 2. The second kappa shape index (κ2) is 13.7. The Morgan fingerprint density at radius 3 is 2.22 bits per heavy atom. The molecule has 2 aromatic heterocycles. The number of anilines is 2. The SMILES string of the molecule is CC(C)[NH+]1CCN(c2cc(N(C)S(C)(=O)=O)c3nc(C(=O)NCc4ccc(F)cc4)c(O)c(=O)n3c2)CC1.O=C([O-])C(F)(F)F. The minimum absolute atomic E-state index is 0.00101. The number of aliphatic carboxylic acids is 1. The number of pyridine rings is 1. The number of piperazine rings is 1. The number of aromatic hydroxyl groups is 1. The number of quaternary nitrogens is 1. The number of nitrogens with zero attached hydrogens (tertiary/aromatic N) is 4. The number of carboxylic acid groups (broad SMARTS) is 1. The van der Waals surface area contributed by atoms with Gasteiger partial charge in [0.2, 0.25) is 15.8 Å². The van der Waals surface area contributed by atoms with E-state index in [0.717, 1.165) is 28.1 Å². The van der Waals surface area contributed by atoms with Gasteiger partial charge in [0, 0.05) is 19.8 Å². The maximum atomic E-state index is 13.2. The van der Waals surface area contributed by atoms with E-state index in [2.05, 4.69) is 29.0 Å². The molecule has 1 aromatic carbocycles. The monoisotopic (exact) mass is 660 g/mol. The van der Waals surface area contributed by atoms with Crippen molar-refractivity contribution in [1.29, 1.82) is 0 Å². The van der Waals surface area contributed by atoms with Crippen LogP contribution in [0.4, 0.5) is 28.9 Å². The first-order valence-corrected chi connectivity index (χ1v) is 15.3. The number of hydrogen-bond acceptors (Lipinski definition) is 9. The Bertz CT molecular complexity index is 1720. The van der Waals surface area contributed by atoms with Crippen molar-refractivity contribution in [2.75, 3.05) is 48.7 Å². The third-order valence-corrected chi connectivity index (χ3v) is 8.30. The van der Waals surface area contributed by atoms with Gasteiger partial charge in [0.25, 0.3) is 5.91 Å². The Labute approximate surface area is 255 Å². The van der Waals surface area contributed by atoms with Crippen LogP contribution in [0.2, 0.25) is 0 Å². The molecule has 0 unspecified atom stereocenters. The predicted octanol–water partition coefficient (Wildman–Crippen LogP) is -0.723. The van der Waals surface area contributed by atoms with E-state index < -0.39 is 50.9 Å². The number of aromatic nitrogens is 2. The summed E-state index contributed by atoms with van der Waals surface area (Å²) in [5.41, 5.74) is -0.252. The molecule has 1 amide bonds. The lowest BCUT2D eigenvalue weighted by Crippen LogP contribution is -3.17. The van der Waals surface area contributed by atoms with Gasteiger partial charge in [-0.05, 0) is 37.6 Å². The molecule has 0 atom stereocenters. The molecule has 3 aromatic rings. The van der Waals surface area contributed by atoms with Crippen LogP contribution in [0.1, 0.15) is 29.9 Å². The molecule has 0 bridgehead atoms. The van der Waals surface area contributed by atoms with E-state index in [4.69, 9.17) is 9.90 Å². The van der Waals surface area contributed by atoms with Gasteiger partial charge in [-0.2, -0.15) is 13.2 Å². The first kappa shape index (κ1) is 35.0. The van der Waals surface area contributed by atoms with E-state index in [0.29, 0.717) is 30.4 Å². The van der Waals surface area contributed by atoms with Crippen molar-refractivity contribution in [2.24, 2.45) is 0 Å². The number of fused-ring (bicyclic) bond motifs is 1. The van der Waals surface area contributed by atoms with Gasteiger partial charge in [-0.3, -0.25) is 18.3 Å². The maximum Gasteiger partial charge on any atom is 0.430 e. The summed E-state index contributed by atoms with van der Waals surface area (Å²) >= 11 is 0. The molecular weight excluding hydrogens is 628 g/mol. The third kappa shape index (κ3) is 8.59.